The average Bonchev–Trinajstić information content (AvgIpc) is 2.12. The lowest BCUT2D eigenvalue weighted by Gasteiger charge is -2.16. The molecule has 0 aromatic rings. The molecule has 2 atom stereocenters. The summed E-state index contributed by atoms with van der Waals surface area (Å²) in [5, 5.41) is 18.9. The predicted octanol–water partition coefficient (Wildman–Crippen LogP) is 1.86. The molecule has 0 rings (SSSR count). The Labute approximate surface area is 74.9 Å². The molecular formula is C10H20O2. The van der Waals surface area contributed by atoms with E-state index in [9.17, 15) is 10.2 Å². The summed E-state index contributed by atoms with van der Waals surface area (Å²) in [6.45, 7) is 7.62. The third kappa shape index (κ3) is 2.95. The normalized spacial score (nSPS) is 18.5. The zero-order chi connectivity index (χ0) is 9.72. The van der Waals surface area contributed by atoms with Crippen LogP contribution in [0.2, 0.25) is 0 Å². The quantitative estimate of drug-likeness (QED) is 0.635. The summed E-state index contributed by atoms with van der Waals surface area (Å²) in [7, 11) is 0. The second-order valence-corrected chi connectivity index (χ2v) is 3.21. The molecule has 2 unspecified atom stereocenters. The first-order chi connectivity index (χ1) is 5.54. The van der Waals surface area contributed by atoms with E-state index >= 15 is 0 Å². The van der Waals surface area contributed by atoms with Gasteiger partial charge in [0, 0.05) is 0 Å². The minimum absolute atomic E-state index is 0.397. The zero-order valence-corrected chi connectivity index (χ0v) is 8.46. The maximum atomic E-state index is 9.47. The van der Waals surface area contributed by atoms with E-state index in [4.69, 9.17) is 0 Å². The van der Waals surface area contributed by atoms with E-state index in [1.54, 1.807) is 0 Å². The van der Waals surface area contributed by atoms with Crippen molar-refractivity contribution >= 4 is 0 Å². The van der Waals surface area contributed by atoms with Gasteiger partial charge in [-0.1, -0.05) is 13.8 Å². The van der Waals surface area contributed by atoms with Crippen molar-refractivity contribution in [1.29, 1.82) is 0 Å². The van der Waals surface area contributed by atoms with E-state index in [-0.39, 0.29) is 0 Å². The van der Waals surface area contributed by atoms with Crippen molar-refractivity contribution in [3.63, 3.8) is 0 Å². The predicted molar refractivity (Wildman–Crippen MR) is 51.0 cm³/mol. The molecule has 0 spiro atoms. The van der Waals surface area contributed by atoms with Crippen LogP contribution in [0, 0.1) is 0 Å². The Kier molecular flexibility index (Phi) is 5.18. The van der Waals surface area contributed by atoms with Crippen molar-refractivity contribution in [1.82, 2.24) is 0 Å². The molecule has 0 heterocycles. The van der Waals surface area contributed by atoms with E-state index in [1.165, 1.54) is 0 Å². The van der Waals surface area contributed by atoms with Crippen LogP contribution in [-0.4, -0.2) is 22.4 Å². The van der Waals surface area contributed by atoms with Crippen LogP contribution in [0.1, 0.15) is 40.5 Å². The van der Waals surface area contributed by atoms with Gasteiger partial charge < -0.3 is 10.2 Å². The van der Waals surface area contributed by atoms with Crippen LogP contribution in [0.5, 0.6) is 0 Å². The standard InChI is InChI=1S/C10H20O2/c1-5-9(11)7(3)8(4)10(12)6-2/h9-12H,5-6H2,1-4H3. The fourth-order valence-electron chi connectivity index (χ4n) is 1.14. The molecule has 0 aromatic carbocycles. The smallest absolute Gasteiger partial charge is 0.0748 e. The van der Waals surface area contributed by atoms with E-state index in [2.05, 4.69) is 0 Å². The third-order valence-corrected chi connectivity index (χ3v) is 2.40. The molecule has 0 fully saturated rings. The summed E-state index contributed by atoms with van der Waals surface area (Å²) in [6.07, 6.45) is 0.622. The largest absolute Gasteiger partial charge is 0.389 e. The topological polar surface area (TPSA) is 40.5 Å². The highest BCUT2D eigenvalue weighted by atomic mass is 16.3. The van der Waals surface area contributed by atoms with Crippen molar-refractivity contribution in [3.05, 3.63) is 11.1 Å². The van der Waals surface area contributed by atoms with Crippen LogP contribution >= 0.6 is 0 Å². The number of aliphatic hydroxyl groups excluding tert-OH is 2. The number of aliphatic hydroxyl groups is 2. The van der Waals surface area contributed by atoms with Gasteiger partial charge in [0.2, 0.25) is 0 Å². The van der Waals surface area contributed by atoms with Crippen molar-refractivity contribution < 1.29 is 10.2 Å². The van der Waals surface area contributed by atoms with Crippen LogP contribution in [0.25, 0.3) is 0 Å². The maximum Gasteiger partial charge on any atom is 0.0748 e. The Morgan fingerprint density at radius 1 is 0.917 bits per heavy atom. The first-order valence-electron chi connectivity index (χ1n) is 4.57. The first-order valence-corrected chi connectivity index (χ1v) is 4.57. The van der Waals surface area contributed by atoms with Crippen LogP contribution in [0.3, 0.4) is 0 Å². The van der Waals surface area contributed by atoms with E-state index in [0.29, 0.717) is 12.8 Å². The van der Waals surface area contributed by atoms with Gasteiger partial charge in [-0.05, 0) is 37.8 Å². The fourth-order valence-corrected chi connectivity index (χ4v) is 1.14. The van der Waals surface area contributed by atoms with Gasteiger partial charge in [-0.25, -0.2) is 0 Å². The molecule has 0 saturated carbocycles. The molecule has 0 saturated heterocycles. The van der Waals surface area contributed by atoms with Gasteiger partial charge in [0.1, 0.15) is 0 Å². The molecule has 2 nitrogen and oxygen atoms in total. The highest BCUT2D eigenvalue weighted by molar-refractivity contribution is 5.17. The Balaban J connectivity index is 4.44. The molecule has 0 aromatic heterocycles. The lowest BCUT2D eigenvalue weighted by Crippen LogP contribution is -2.15. The monoisotopic (exact) mass is 172 g/mol. The van der Waals surface area contributed by atoms with Gasteiger partial charge in [-0.15, -0.1) is 0 Å². The Morgan fingerprint density at radius 3 is 1.33 bits per heavy atom. The first kappa shape index (κ1) is 11.7. The van der Waals surface area contributed by atoms with Crippen molar-refractivity contribution in [2.45, 2.75) is 52.7 Å². The lowest BCUT2D eigenvalue weighted by atomic mass is 9.98. The summed E-state index contributed by atoms with van der Waals surface area (Å²) in [5.41, 5.74) is 1.82. The molecule has 0 aliphatic carbocycles. The van der Waals surface area contributed by atoms with Crippen molar-refractivity contribution in [3.8, 4) is 0 Å². The highest BCUT2D eigenvalue weighted by Gasteiger charge is 2.11. The molecule has 0 amide bonds. The van der Waals surface area contributed by atoms with Gasteiger partial charge in [-0.3, -0.25) is 0 Å². The molecule has 0 aliphatic rings. The molecule has 0 bridgehead atoms. The molecular weight excluding hydrogens is 152 g/mol. The van der Waals surface area contributed by atoms with Gasteiger partial charge in [0.05, 0.1) is 12.2 Å². The molecule has 72 valence electrons. The minimum atomic E-state index is -0.397. The van der Waals surface area contributed by atoms with Gasteiger partial charge in [-0.2, -0.15) is 0 Å². The molecule has 0 radical (unpaired) electrons. The second kappa shape index (κ2) is 5.33. The number of hydrogen-bond donors (Lipinski definition) is 2. The summed E-state index contributed by atoms with van der Waals surface area (Å²) in [4.78, 5) is 0. The van der Waals surface area contributed by atoms with Crippen molar-refractivity contribution in [2.75, 3.05) is 0 Å². The van der Waals surface area contributed by atoms with Gasteiger partial charge >= 0.3 is 0 Å². The Hall–Kier alpha value is -0.340. The van der Waals surface area contributed by atoms with Crippen LogP contribution < -0.4 is 0 Å². The summed E-state index contributed by atoms with van der Waals surface area (Å²) in [5.74, 6) is 0. The number of rotatable bonds is 4. The fraction of sp³-hybridized carbons (Fsp3) is 0.800. The molecule has 2 N–H and O–H groups in total. The average molecular weight is 172 g/mol. The van der Waals surface area contributed by atoms with E-state index in [1.807, 2.05) is 27.7 Å². The number of hydrogen-bond acceptors (Lipinski definition) is 2. The second-order valence-electron chi connectivity index (χ2n) is 3.21. The van der Waals surface area contributed by atoms with Crippen LogP contribution in [0.4, 0.5) is 0 Å². The lowest BCUT2D eigenvalue weighted by molar-refractivity contribution is 0.184. The SMILES string of the molecule is CCC(O)C(C)=C(C)C(O)CC. The zero-order valence-electron chi connectivity index (χ0n) is 8.46. The molecule has 0 aliphatic heterocycles. The minimum Gasteiger partial charge on any atom is -0.389 e. The van der Waals surface area contributed by atoms with Crippen molar-refractivity contribution in [2.24, 2.45) is 0 Å². The maximum absolute atomic E-state index is 9.47. The summed E-state index contributed by atoms with van der Waals surface area (Å²) >= 11 is 0. The van der Waals surface area contributed by atoms with Gasteiger partial charge in [0.25, 0.3) is 0 Å². The Morgan fingerprint density at radius 2 is 1.17 bits per heavy atom. The van der Waals surface area contributed by atoms with E-state index in [0.717, 1.165) is 11.1 Å². The third-order valence-electron chi connectivity index (χ3n) is 2.40. The molecule has 2 heteroatoms. The Bertz CT molecular complexity index is 143. The summed E-state index contributed by atoms with van der Waals surface area (Å²) < 4.78 is 0. The highest BCUT2D eigenvalue weighted by Crippen LogP contribution is 2.15. The van der Waals surface area contributed by atoms with E-state index < -0.39 is 12.2 Å². The summed E-state index contributed by atoms with van der Waals surface area (Å²) in [6, 6.07) is 0. The van der Waals surface area contributed by atoms with Crippen LogP contribution in [0.15, 0.2) is 11.1 Å². The van der Waals surface area contributed by atoms with Crippen LogP contribution in [-0.2, 0) is 0 Å². The van der Waals surface area contributed by atoms with Gasteiger partial charge in [0.15, 0.2) is 0 Å². The molecule has 12 heavy (non-hydrogen) atoms.